The van der Waals surface area contributed by atoms with E-state index < -0.39 is 0 Å². The summed E-state index contributed by atoms with van der Waals surface area (Å²) in [5, 5.41) is 0. The van der Waals surface area contributed by atoms with E-state index in [9.17, 15) is 9.59 Å². The van der Waals surface area contributed by atoms with E-state index in [-0.39, 0.29) is 11.5 Å². The molecule has 2 heterocycles. The molecule has 2 aromatic rings. The molecule has 1 N–H and O–H groups in total. The lowest BCUT2D eigenvalue weighted by Crippen LogP contribution is -2.28. The average Bonchev–Trinajstić information content (AvgIpc) is 3.17. The van der Waals surface area contributed by atoms with Crippen molar-refractivity contribution in [3.63, 3.8) is 0 Å². The van der Waals surface area contributed by atoms with Crippen molar-refractivity contribution in [3.05, 3.63) is 57.5 Å². The van der Waals surface area contributed by atoms with Crippen molar-refractivity contribution in [1.29, 1.82) is 0 Å². The van der Waals surface area contributed by atoms with Gasteiger partial charge in [-0.15, -0.1) is 0 Å². The number of rotatable bonds is 6. The first kappa shape index (κ1) is 19.4. The zero-order valence-corrected chi connectivity index (χ0v) is 16.4. The molecule has 1 aliphatic rings. The van der Waals surface area contributed by atoms with Crippen molar-refractivity contribution >= 4 is 5.91 Å². The first-order chi connectivity index (χ1) is 13.0. The Balaban J connectivity index is 1.63. The number of hydrogen-bond acceptors (Lipinski definition) is 3. The molecule has 0 unspecified atom stereocenters. The number of carbonyl (C=O) groups is 1. The molecule has 0 saturated carbocycles. The Morgan fingerprint density at radius 2 is 2.00 bits per heavy atom. The zero-order valence-electron chi connectivity index (χ0n) is 16.4. The number of H-pyrrole nitrogens is 1. The second-order valence-electron chi connectivity index (χ2n) is 7.40. The van der Waals surface area contributed by atoms with E-state index in [0.29, 0.717) is 17.2 Å². The van der Waals surface area contributed by atoms with E-state index in [1.807, 2.05) is 39.1 Å². The van der Waals surface area contributed by atoms with Crippen LogP contribution in [0.4, 0.5) is 0 Å². The molecule has 1 atom stereocenters. The van der Waals surface area contributed by atoms with Gasteiger partial charge in [0.15, 0.2) is 0 Å². The highest BCUT2D eigenvalue weighted by atomic mass is 16.5. The maximum Gasteiger partial charge on any atom is 0.256 e. The molecular formula is C22H28N2O3. The number of nitrogens with one attached hydrogen (secondary N) is 1. The maximum absolute atomic E-state index is 12.6. The van der Waals surface area contributed by atoms with E-state index in [2.05, 4.69) is 4.98 Å². The van der Waals surface area contributed by atoms with Gasteiger partial charge in [-0.2, -0.15) is 0 Å². The van der Waals surface area contributed by atoms with E-state index in [4.69, 9.17) is 4.74 Å². The summed E-state index contributed by atoms with van der Waals surface area (Å²) in [7, 11) is 1.83. The van der Waals surface area contributed by atoms with Crippen LogP contribution >= 0.6 is 0 Å². The number of aromatic nitrogens is 1. The van der Waals surface area contributed by atoms with Crippen LogP contribution < -0.4 is 5.56 Å². The number of nitrogens with zero attached hydrogens (tertiary/aromatic N) is 1. The summed E-state index contributed by atoms with van der Waals surface area (Å²) in [5.41, 5.74) is 3.89. The van der Waals surface area contributed by atoms with Crippen LogP contribution in [0, 0.1) is 13.8 Å². The van der Waals surface area contributed by atoms with Gasteiger partial charge in [-0.1, -0.05) is 12.1 Å². The molecule has 144 valence electrons. The first-order valence-electron chi connectivity index (χ1n) is 9.63. The van der Waals surface area contributed by atoms with Crippen molar-refractivity contribution in [2.75, 3.05) is 20.2 Å². The summed E-state index contributed by atoms with van der Waals surface area (Å²) in [6.07, 6.45) is 4.60. The SMILES string of the molecule is Cc1cc(-c2ccc(C(=O)N(C)CCC[C@H]3CCCO3)cc2)c(=O)[nH]c1C. The smallest absolute Gasteiger partial charge is 0.256 e. The molecular weight excluding hydrogens is 340 g/mol. The minimum absolute atomic E-state index is 0.00267. The predicted molar refractivity (Wildman–Crippen MR) is 107 cm³/mol. The Bertz CT molecular complexity index is 849. The Morgan fingerprint density at radius 3 is 2.67 bits per heavy atom. The summed E-state index contributed by atoms with van der Waals surface area (Å²) in [4.78, 5) is 29.4. The molecule has 5 heteroatoms. The number of aromatic amines is 1. The third kappa shape index (κ3) is 4.66. The highest BCUT2D eigenvalue weighted by molar-refractivity contribution is 5.94. The van der Waals surface area contributed by atoms with Gasteiger partial charge in [0.2, 0.25) is 0 Å². The van der Waals surface area contributed by atoms with Crippen LogP contribution in [0.1, 0.15) is 47.3 Å². The highest BCUT2D eigenvalue weighted by Crippen LogP contribution is 2.19. The number of aryl methyl sites for hydroxylation is 2. The van der Waals surface area contributed by atoms with Crippen LogP contribution in [0.15, 0.2) is 35.1 Å². The Kier molecular flexibility index (Phi) is 6.11. The van der Waals surface area contributed by atoms with Gasteiger partial charge in [-0.05, 0) is 68.9 Å². The van der Waals surface area contributed by atoms with E-state index in [1.165, 1.54) is 0 Å². The van der Waals surface area contributed by atoms with Crippen molar-refractivity contribution in [2.45, 2.75) is 45.6 Å². The summed E-state index contributed by atoms with van der Waals surface area (Å²) in [5.74, 6) is 0.00267. The molecule has 0 radical (unpaired) electrons. The largest absolute Gasteiger partial charge is 0.378 e. The number of ether oxygens (including phenoxy) is 1. The first-order valence-corrected chi connectivity index (χ1v) is 9.63. The fraction of sp³-hybridized carbons (Fsp3) is 0.455. The van der Waals surface area contributed by atoms with Gasteiger partial charge in [-0.3, -0.25) is 9.59 Å². The Morgan fingerprint density at radius 1 is 1.26 bits per heavy atom. The third-order valence-corrected chi connectivity index (χ3v) is 5.33. The van der Waals surface area contributed by atoms with Gasteiger partial charge < -0.3 is 14.6 Å². The van der Waals surface area contributed by atoms with Gasteiger partial charge >= 0.3 is 0 Å². The lowest BCUT2D eigenvalue weighted by Gasteiger charge is -2.18. The predicted octanol–water partition coefficient (Wildman–Crippen LogP) is 3.69. The zero-order chi connectivity index (χ0) is 19.4. The average molecular weight is 368 g/mol. The minimum Gasteiger partial charge on any atom is -0.378 e. The highest BCUT2D eigenvalue weighted by Gasteiger charge is 2.17. The second kappa shape index (κ2) is 8.53. The van der Waals surface area contributed by atoms with Crippen molar-refractivity contribution < 1.29 is 9.53 Å². The fourth-order valence-corrected chi connectivity index (χ4v) is 3.48. The molecule has 1 aromatic heterocycles. The quantitative estimate of drug-likeness (QED) is 0.846. The molecule has 1 saturated heterocycles. The standard InChI is InChI=1S/C22H28N2O3/c1-15-14-20(21(25)23-16(15)2)17-8-10-18(11-9-17)22(26)24(3)12-4-6-19-7-5-13-27-19/h8-11,14,19H,4-7,12-13H2,1-3H3,(H,23,25)/t19-/m0/s1. The van der Waals surface area contributed by atoms with Crippen LogP contribution in [-0.4, -0.2) is 42.1 Å². The number of hydrogen-bond donors (Lipinski definition) is 1. The Labute approximate surface area is 160 Å². The molecule has 1 amide bonds. The second-order valence-corrected chi connectivity index (χ2v) is 7.40. The van der Waals surface area contributed by atoms with Gasteiger partial charge in [0.05, 0.1) is 6.10 Å². The number of benzene rings is 1. The lowest BCUT2D eigenvalue weighted by atomic mass is 10.0. The van der Waals surface area contributed by atoms with Crippen molar-refractivity contribution in [3.8, 4) is 11.1 Å². The van der Waals surface area contributed by atoms with Gasteiger partial charge in [0.25, 0.3) is 11.5 Å². The lowest BCUT2D eigenvalue weighted by molar-refractivity contribution is 0.0763. The van der Waals surface area contributed by atoms with Crippen LogP contribution in [0.2, 0.25) is 0 Å². The van der Waals surface area contributed by atoms with E-state index in [1.54, 1.807) is 17.0 Å². The molecule has 1 fully saturated rings. The molecule has 1 aromatic carbocycles. The van der Waals surface area contributed by atoms with Gasteiger partial charge in [-0.25, -0.2) is 0 Å². The minimum atomic E-state index is -0.108. The monoisotopic (exact) mass is 368 g/mol. The molecule has 3 rings (SSSR count). The van der Waals surface area contributed by atoms with Gasteiger partial charge in [0.1, 0.15) is 0 Å². The van der Waals surface area contributed by atoms with Crippen LogP contribution in [0.3, 0.4) is 0 Å². The van der Waals surface area contributed by atoms with Crippen molar-refractivity contribution in [1.82, 2.24) is 9.88 Å². The van der Waals surface area contributed by atoms with Gasteiger partial charge in [0, 0.05) is 37.0 Å². The van der Waals surface area contributed by atoms with Crippen molar-refractivity contribution in [2.24, 2.45) is 0 Å². The number of amides is 1. The summed E-state index contributed by atoms with van der Waals surface area (Å²) < 4.78 is 5.63. The third-order valence-electron chi connectivity index (χ3n) is 5.33. The summed E-state index contributed by atoms with van der Waals surface area (Å²) in [6.45, 7) is 5.45. The summed E-state index contributed by atoms with van der Waals surface area (Å²) >= 11 is 0. The molecule has 0 bridgehead atoms. The summed E-state index contributed by atoms with van der Waals surface area (Å²) in [6, 6.07) is 9.16. The normalized spacial score (nSPS) is 16.5. The molecule has 0 aliphatic carbocycles. The molecule has 27 heavy (non-hydrogen) atoms. The van der Waals surface area contributed by atoms with Crippen LogP contribution in [0.5, 0.6) is 0 Å². The topological polar surface area (TPSA) is 62.4 Å². The molecule has 1 aliphatic heterocycles. The Hall–Kier alpha value is -2.40. The maximum atomic E-state index is 12.6. The number of carbonyl (C=O) groups excluding carboxylic acids is 1. The van der Waals surface area contributed by atoms with E-state index in [0.717, 1.165) is 55.7 Å². The van der Waals surface area contributed by atoms with Crippen LogP contribution in [0.25, 0.3) is 11.1 Å². The molecule has 0 spiro atoms. The number of pyridine rings is 1. The molecule has 5 nitrogen and oxygen atoms in total. The fourth-order valence-electron chi connectivity index (χ4n) is 3.48. The van der Waals surface area contributed by atoms with Crippen LogP contribution in [-0.2, 0) is 4.74 Å². The van der Waals surface area contributed by atoms with E-state index >= 15 is 0 Å².